The number of amides is 2. The van der Waals surface area contributed by atoms with Gasteiger partial charge >= 0.3 is 5.97 Å². The van der Waals surface area contributed by atoms with Crippen LogP contribution in [-0.2, 0) is 16.6 Å². The predicted molar refractivity (Wildman–Crippen MR) is 98.2 cm³/mol. The highest BCUT2D eigenvalue weighted by Gasteiger charge is 2.29. The van der Waals surface area contributed by atoms with Crippen molar-refractivity contribution in [2.24, 2.45) is 13.0 Å². The van der Waals surface area contributed by atoms with Crippen molar-refractivity contribution in [3.05, 3.63) is 23.5 Å². The number of carboxylic acid groups (broad SMARTS) is 1. The second kappa shape index (κ2) is 7.87. The zero-order valence-electron chi connectivity index (χ0n) is 15.2. The number of aromatic nitrogens is 3. The fourth-order valence-corrected chi connectivity index (χ4v) is 3.78. The summed E-state index contributed by atoms with van der Waals surface area (Å²) in [7, 11) is 3.35. The number of aliphatic carboxylic acids is 1. The maximum absolute atomic E-state index is 12.6. The molecule has 1 N–H and O–H groups in total. The van der Waals surface area contributed by atoms with Gasteiger partial charge in [0.1, 0.15) is 10.7 Å². The summed E-state index contributed by atoms with van der Waals surface area (Å²) in [5, 5.41) is 15.6. The fraction of sp³-hybridized carbons (Fsp3) is 0.471. The van der Waals surface area contributed by atoms with Crippen molar-refractivity contribution in [1.29, 1.82) is 0 Å². The first-order chi connectivity index (χ1) is 12.8. The summed E-state index contributed by atoms with van der Waals surface area (Å²) in [6.45, 7) is 0.607. The lowest BCUT2D eigenvalue weighted by atomic mass is 9.98. The minimum absolute atomic E-state index is 0.106. The van der Waals surface area contributed by atoms with E-state index in [1.165, 1.54) is 21.1 Å². The number of likely N-dealkylation sites (N-methyl/N-ethyl adjacent to an activating group) is 1. The molecule has 1 unspecified atom stereocenters. The van der Waals surface area contributed by atoms with Crippen LogP contribution in [0.1, 0.15) is 23.3 Å². The molecule has 144 valence electrons. The zero-order valence-corrected chi connectivity index (χ0v) is 16.0. The lowest BCUT2D eigenvalue weighted by molar-refractivity contribution is -0.145. The van der Waals surface area contributed by atoms with Crippen LogP contribution >= 0.6 is 11.3 Å². The van der Waals surface area contributed by atoms with Crippen LogP contribution in [0.15, 0.2) is 17.8 Å². The molecular weight excluding hydrogens is 370 g/mol. The molecule has 9 nitrogen and oxygen atoms in total. The van der Waals surface area contributed by atoms with Gasteiger partial charge < -0.3 is 14.9 Å². The largest absolute Gasteiger partial charge is 0.481 e. The molecule has 3 rings (SSSR count). The number of hydrogen-bond acceptors (Lipinski definition) is 6. The van der Waals surface area contributed by atoms with Gasteiger partial charge in [-0.2, -0.15) is 5.10 Å². The van der Waals surface area contributed by atoms with Crippen LogP contribution in [0.4, 0.5) is 0 Å². The third kappa shape index (κ3) is 4.33. The number of thiazole rings is 1. The van der Waals surface area contributed by atoms with E-state index in [0.29, 0.717) is 24.4 Å². The third-order valence-corrected chi connectivity index (χ3v) is 5.41. The topological polar surface area (TPSA) is 109 Å². The predicted octanol–water partition coefficient (Wildman–Crippen LogP) is 0.939. The van der Waals surface area contributed by atoms with E-state index < -0.39 is 11.9 Å². The van der Waals surface area contributed by atoms with E-state index in [-0.39, 0.29) is 30.6 Å². The van der Waals surface area contributed by atoms with Gasteiger partial charge in [0.15, 0.2) is 0 Å². The van der Waals surface area contributed by atoms with Crippen molar-refractivity contribution >= 4 is 29.1 Å². The molecule has 27 heavy (non-hydrogen) atoms. The van der Waals surface area contributed by atoms with Crippen LogP contribution in [-0.4, -0.2) is 74.1 Å². The Hall–Kier alpha value is -2.75. The summed E-state index contributed by atoms with van der Waals surface area (Å²) in [5.74, 6) is -2.02. The van der Waals surface area contributed by atoms with E-state index in [1.807, 2.05) is 6.20 Å². The molecule has 1 atom stereocenters. The number of carboxylic acids is 1. The number of carbonyl (C=O) groups excluding carboxylic acids is 2. The van der Waals surface area contributed by atoms with Gasteiger partial charge in [-0.05, 0) is 12.8 Å². The number of carbonyl (C=O) groups is 3. The van der Waals surface area contributed by atoms with Crippen LogP contribution in [0, 0.1) is 5.92 Å². The number of aryl methyl sites for hydroxylation is 1. The Morgan fingerprint density at radius 2 is 2.19 bits per heavy atom. The van der Waals surface area contributed by atoms with Crippen LogP contribution in [0.2, 0.25) is 0 Å². The van der Waals surface area contributed by atoms with Gasteiger partial charge in [-0.25, -0.2) is 4.98 Å². The van der Waals surface area contributed by atoms with Crippen molar-refractivity contribution in [2.75, 3.05) is 26.7 Å². The molecule has 1 aliphatic heterocycles. The Kier molecular flexibility index (Phi) is 5.54. The minimum Gasteiger partial charge on any atom is -0.481 e. The second-order valence-corrected chi connectivity index (χ2v) is 7.48. The van der Waals surface area contributed by atoms with Gasteiger partial charge in [0.25, 0.3) is 5.91 Å². The molecule has 10 heteroatoms. The van der Waals surface area contributed by atoms with E-state index in [9.17, 15) is 14.4 Å². The highest BCUT2D eigenvalue weighted by molar-refractivity contribution is 7.13. The van der Waals surface area contributed by atoms with Gasteiger partial charge in [-0.1, -0.05) is 0 Å². The Morgan fingerprint density at radius 1 is 1.41 bits per heavy atom. The summed E-state index contributed by atoms with van der Waals surface area (Å²) in [6.07, 6.45) is 4.72. The van der Waals surface area contributed by atoms with E-state index in [1.54, 1.807) is 30.4 Å². The van der Waals surface area contributed by atoms with Crippen molar-refractivity contribution in [3.63, 3.8) is 0 Å². The molecule has 2 aromatic rings. The smallest absolute Gasteiger partial charge is 0.308 e. The summed E-state index contributed by atoms with van der Waals surface area (Å²) in [5.41, 5.74) is 1.10. The first kappa shape index (κ1) is 19.0. The zero-order chi connectivity index (χ0) is 19.6. The summed E-state index contributed by atoms with van der Waals surface area (Å²) in [4.78, 5) is 43.3. The van der Waals surface area contributed by atoms with E-state index in [0.717, 1.165) is 5.56 Å². The number of hydrogen-bond donors (Lipinski definition) is 1. The summed E-state index contributed by atoms with van der Waals surface area (Å²) < 4.78 is 1.66. The Morgan fingerprint density at radius 3 is 2.85 bits per heavy atom. The fourth-order valence-electron chi connectivity index (χ4n) is 3.01. The Labute approximate surface area is 160 Å². The number of nitrogens with zero attached hydrogens (tertiary/aromatic N) is 5. The molecule has 2 amide bonds. The maximum atomic E-state index is 12.6. The lowest BCUT2D eigenvalue weighted by Crippen LogP contribution is -2.46. The van der Waals surface area contributed by atoms with Crippen molar-refractivity contribution < 1.29 is 19.5 Å². The van der Waals surface area contributed by atoms with Crippen LogP contribution in [0.25, 0.3) is 10.6 Å². The highest BCUT2D eigenvalue weighted by atomic mass is 32.1. The molecule has 0 spiro atoms. The SMILES string of the molecule is CN(CC(=O)N1CCCC(C(=O)O)C1)C(=O)c1csc(-c2cnn(C)c2)n1. The average molecular weight is 391 g/mol. The van der Waals surface area contributed by atoms with Gasteiger partial charge in [-0.3, -0.25) is 19.1 Å². The van der Waals surface area contributed by atoms with Crippen molar-refractivity contribution in [2.45, 2.75) is 12.8 Å². The van der Waals surface area contributed by atoms with Crippen molar-refractivity contribution in [1.82, 2.24) is 24.6 Å². The van der Waals surface area contributed by atoms with E-state index in [4.69, 9.17) is 5.11 Å². The number of rotatable bonds is 5. The van der Waals surface area contributed by atoms with Crippen LogP contribution in [0.3, 0.4) is 0 Å². The monoisotopic (exact) mass is 391 g/mol. The first-order valence-corrected chi connectivity index (χ1v) is 9.43. The molecule has 3 heterocycles. The first-order valence-electron chi connectivity index (χ1n) is 8.55. The summed E-state index contributed by atoms with van der Waals surface area (Å²) >= 11 is 1.34. The molecule has 1 fully saturated rings. The quantitative estimate of drug-likeness (QED) is 0.812. The summed E-state index contributed by atoms with van der Waals surface area (Å²) in [6, 6.07) is 0. The lowest BCUT2D eigenvalue weighted by Gasteiger charge is -2.31. The van der Waals surface area contributed by atoms with Crippen molar-refractivity contribution in [3.8, 4) is 10.6 Å². The molecule has 0 bridgehead atoms. The molecular formula is C17H21N5O4S. The Bertz CT molecular complexity index is 861. The van der Waals surface area contributed by atoms with Gasteiger partial charge in [0, 0.05) is 44.3 Å². The average Bonchev–Trinajstić information content (AvgIpc) is 3.30. The molecule has 2 aromatic heterocycles. The second-order valence-electron chi connectivity index (χ2n) is 6.62. The van der Waals surface area contributed by atoms with E-state index >= 15 is 0 Å². The molecule has 0 saturated carbocycles. The van der Waals surface area contributed by atoms with Gasteiger partial charge in [0.05, 0.1) is 18.7 Å². The van der Waals surface area contributed by atoms with Crippen LogP contribution < -0.4 is 0 Å². The van der Waals surface area contributed by atoms with Crippen LogP contribution in [0.5, 0.6) is 0 Å². The molecule has 1 aliphatic rings. The molecule has 0 aromatic carbocycles. The molecule has 0 radical (unpaired) electrons. The standard InChI is InChI=1S/C17H21N5O4S/c1-20(9-14(23)22-5-3-4-11(8-22)17(25)26)16(24)13-10-27-15(19-13)12-6-18-21(2)7-12/h6-7,10-11H,3-5,8-9H2,1-2H3,(H,25,26). The number of likely N-dealkylation sites (tertiary alicyclic amines) is 1. The Balaban J connectivity index is 1.61. The molecule has 0 aliphatic carbocycles. The highest BCUT2D eigenvalue weighted by Crippen LogP contribution is 2.23. The number of piperidine rings is 1. The maximum Gasteiger partial charge on any atom is 0.308 e. The van der Waals surface area contributed by atoms with Gasteiger partial charge in [-0.15, -0.1) is 11.3 Å². The van der Waals surface area contributed by atoms with E-state index in [2.05, 4.69) is 10.1 Å². The third-order valence-electron chi connectivity index (χ3n) is 4.52. The molecule has 1 saturated heterocycles. The van der Waals surface area contributed by atoms with Gasteiger partial charge in [0.2, 0.25) is 5.91 Å². The minimum atomic E-state index is -0.887. The normalized spacial score (nSPS) is 17.0.